The third-order valence-corrected chi connectivity index (χ3v) is 6.67. The summed E-state index contributed by atoms with van der Waals surface area (Å²) in [5.41, 5.74) is 3.06. The van der Waals surface area contributed by atoms with Gasteiger partial charge in [-0.25, -0.2) is 4.98 Å². The van der Waals surface area contributed by atoms with Crippen LogP contribution in [-0.2, 0) is 4.74 Å². The summed E-state index contributed by atoms with van der Waals surface area (Å²) in [6.45, 7) is 5.63. The molecule has 1 aliphatic carbocycles. The van der Waals surface area contributed by atoms with E-state index in [1.807, 2.05) is 14.0 Å². The third-order valence-electron chi connectivity index (χ3n) is 6.67. The first kappa shape index (κ1) is 20.4. The number of nitrogens with one attached hydrogen (secondary N) is 1. The van der Waals surface area contributed by atoms with Crippen LogP contribution in [0.5, 0.6) is 0 Å². The fraction of sp³-hybridized carbons (Fsp3) is 0.542. The standard InChI is InChI=1S/C24H31N5O2/c1-15-8-9-20-17(12-15)13-19(24-25-16(2)28-31-24)23(27-20)29-11-10-21(22(14-29)30-3)26-18-6-4-5-7-18/h8-9,12-13,18,21-22,26H,4-7,10-11,14H2,1-3H3/t21-,22+/m0/s1. The zero-order valence-corrected chi connectivity index (χ0v) is 18.6. The minimum Gasteiger partial charge on any atom is -0.378 e. The average Bonchev–Trinajstić information content (AvgIpc) is 3.45. The van der Waals surface area contributed by atoms with E-state index in [1.165, 1.54) is 31.2 Å². The highest BCUT2D eigenvalue weighted by atomic mass is 16.5. The molecule has 1 aliphatic heterocycles. The number of aromatic nitrogens is 3. The van der Waals surface area contributed by atoms with Crippen LogP contribution in [0, 0.1) is 13.8 Å². The van der Waals surface area contributed by atoms with Crippen LogP contribution in [-0.4, -0.2) is 53.5 Å². The Morgan fingerprint density at radius 1 is 1.10 bits per heavy atom. The van der Waals surface area contributed by atoms with Crippen molar-refractivity contribution in [3.63, 3.8) is 0 Å². The molecule has 7 nitrogen and oxygen atoms in total. The molecule has 0 spiro atoms. The SMILES string of the molecule is CO[C@@H]1CN(c2nc3ccc(C)cc3cc2-c2nc(C)no2)CC[C@@H]1NC1CCCC1. The number of hydrogen-bond donors (Lipinski definition) is 1. The number of piperidine rings is 1. The Morgan fingerprint density at radius 2 is 1.94 bits per heavy atom. The Morgan fingerprint density at radius 3 is 2.68 bits per heavy atom. The first-order valence-corrected chi connectivity index (χ1v) is 11.4. The Kier molecular flexibility index (Phi) is 5.63. The number of pyridine rings is 1. The molecule has 2 aromatic heterocycles. The highest BCUT2D eigenvalue weighted by Crippen LogP contribution is 2.34. The summed E-state index contributed by atoms with van der Waals surface area (Å²) in [4.78, 5) is 11.9. The largest absolute Gasteiger partial charge is 0.378 e. The van der Waals surface area contributed by atoms with Gasteiger partial charge in [0.25, 0.3) is 5.89 Å². The lowest BCUT2D eigenvalue weighted by atomic mass is 9.99. The van der Waals surface area contributed by atoms with Crippen LogP contribution in [0.4, 0.5) is 5.82 Å². The zero-order chi connectivity index (χ0) is 21.4. The summed E-state index contributed by atoms with van der Waals surface area (Å²) in [6.07, 6.45) is 6.36. The van der Waals surface area contributed by atoms with Crippen molar-refractivity contribution >= 4 is 16.7 Å². The number of ether oxygens (including phenoxy) is 1. The maximum atomic E-state index is 5.94. The molecule has 0 amide bonds. The van der Waals surface area contributed by atoms with Crippen molar-refractivity contribution in [1.29, 1.82) is 0 Å². The number of nitrogens with zero attached hydrogens (tertiary/aromatic N) is 4. The molecular weight excluding hydrogens is 390 g/mol. The van der Waals surface area contributed by atoms with Crippen molar-refractivity contribution in [3.8, 4) is 11.5 Å². The van der Waals surface area contributed by atoms with E-state index in [-0.39, 0.29) is 6.10 Å². The van der Waals surface area contributed by atoms with Crippen molar-refractivity contribution < 1.29 is 9.26 Å². The van der Waals surface area contributed by atoms with Gasteiger partial charge in [0.2, 0.25) is 0 Å². The normalized spacial score (nSPS) is 22.5. The highest BCUT2D eigenvalue weighted by molar-refractivity contribution is 5.88. The Hall–Kier alpha value is -2.51. The molecule has 2 aliphatic rings. The average molecular weight is 422 g/mol. The molecule has 5 rings (SSSR count). The van der Waals surface area contributed by atoms with Gasteiger partial charge in [0.1, 0.15) is 5.82 Å². The van der Waals surface area contributed by atoms with Gasteiger partial charge in [0.05, 0.1) is 17.2 Å². The van der Waals surface area contributed by atoms with Gasteiger partial charge in [0.15, 0.2) is 5.82 Å². The molecule has 2 fully saturated rings. The molecule has 1 aromatic carbocycles. The van der Waals surface area contributed by atoms with Crippen LogP contribution in [0.1, 0.15) is 43.5 Å². The lowest BCUT2D eigenvalue weighted by Crippen LogP contribution is -2.55. The van der Waals surface area contributed by atoms with E-state index in [4.69, 9.17) is 14.2 Å². The summed E-state index contributed by atoms with van der Waals surface area (Å²) in [7, 11) is 1.82. The molecule has 0 unspecified atom stereocenters. The fourth-order valence-electron chi connectivity index (χ4n) is 5.02. The van der Waals surface area contributed by atoms with Gasteiger partial charge in [-0.05, 0) is 51.3 Å². The van der Waals surface area contributed by atoms with Gasteiger partial charge < -0.3 is 19.5 Å². The van der Waals surface area contributed by atoms with Crippen LogP contribution < -0.4 is 10.2 Å². The molecule has 0 bridgehead atoms. The molecule has 1 N–H and O–H groups in total. The van der Waals surface area contributed by atoms with E-state index < -0.39 is 0 Å². The van der Waals surface area contributed by atoms with E-state index in [9.17, 15) is 0 Å². The topological polar surface area (TPSA) is 76.3 Å². The number of fused-ring (bicyclic) bond motifs is 1. The summed E-state index contributed by atoms with van der Waals surface area (Å²) < 4.78 is 11.5. The molecule has 1 saturated heterocycles. The lowest BCUT2D eigenvalue weighted by molar-refractivity contribution is 0.0558. The van der Waals surface area contributed by atoms with Crippen LogP contribution in [0.25, 0.3) is 22.4 Å². The van der Waals surface area contributed by atoms with Crippen LogP contribution >= 0.6 is 0 Å². The van der Waals surface area contributed by atoms with Gasteiger partial charge in [0, 0.05) is 37.7 Å². The minimum atomic E-state index is 0.113. The van der Waals surface area contributed by atoms with E-state index in [2.05, 4.69) is 51.5 Å². The lowest BCUT2D eigenvalue weighted by Gasteiger charge is -2.40. The van der Waals surface area contributed by atoms with Gasteiger partial charge in [-0.1, -0.05) is 29.6 Å². The Balaban J connectivity index is 1.47. The van der Waals surface area contributed by atoms with Crippen molar-refractivity contribution in [2.45, 2.75) is 64.1 Å². The molecule has 0 radical (unpaired) electrons. The summed E-state index contributed by atoms with van der Waals surface area (Å²) >= 11 is 0. The van der Waals surface area contributed by atoms with Gasteiger partial charge in [-0.3, -0.25) is 0 Å². The van der Waals surface area contributed by atoms with Crippen molar-refractivity contribution in [2.24, 2.45) is 0 Å². The molecule has 3 aromatic rings. The molecular formula is C24H31N5O2. The van der Waals surface area contributed by atoms with Crippen molar-refractivity contribution in [1.82, 2.24) is 20.4 Å². The second-order valence-electron chi connectivity index (χ2n) is 8.97. The van der Waals surface area contributed by atoms with Crippen molar-refractivity contribution in [2.75, 3.05) is 25.1 Å². The predicted molar refractivity (Wildman–Crippen MR) is 121 cm³/mol. The number of methoxy groups -OCH3 is 1. The first-order chi connectivity index (χ1) is 15.1. The van der Waals surface area contributed by atoms with E-state index in [1.54, 1.807) is 0 Å². The maximum absolute atomic E-state index is 5.94. The van der Waals surface area contributed by atoms with Gasteiger partial charge >= 0.3 is 0 Å². The second-order valence-corrected chi connectivity index (χ2v) is 8.97. The summed E-state index contributed by atoms with van der Waals surface area (Å²) in [6, 6.07) is 9.47. The third kappa shape index (κ3) is 4.16. The number of anilines is 1. The summed E-state index contributed by atoms with van der Waals surface area (Å²) in [5, 5.41) is 8.95. The number of hydrogen-bond acceptors (Lipinski definition) is 7. The van der Waals surface area contributed by atoms with Crippen LogP contribution in [0.15, 0.2) is 28.8 Å². The monoisotopic (exact) mass is 421 g/mol. The molecule has 164 valence electrons. The van der Waals surface area contributed by atoms with E-state index >= 15 is 0 Å². The molecule has 3 heterocycles. The molecule has 31 heavy (non-hydrogen) atoms. The Bertz CT molecular complexity index is 1060. The molecule has 1 saturated carbocycles. The second kappa shape index (κ2) is 8.55. The predicted octanol–water partition coefficient (Wildman–Crippen LogP) is 4.03. The van der Waals surface area contributed by atoms with Crippen LogP contribution in [0.3, 0.4) is 0 Å². The van der Waals surface area contributed by atoms with E-state index in [0.29, 0.717) is 23.8 Å². The first-order valence-electron chi connectivity index (χ1n) is 11.4. The number of rotatable bonds is 5. The summed E-state index contributed by atoms with van der Waals surface area (Å²) in [5.74, 6) is 2.03. The zero-order valence-electron chi connectivity index (χ0n) is 18.6. The minimum absolute atomic E-state index is 0.113. The van der Waals surface area contributed by atoms with Gasteiger partial charge in [-0.15, -0.1) is 0 Å². The van der Waals surface area contributed by atoms with Gasteiger partial charge in [-0.2, -0.15) is 4.98 Å². The quantitative estimate of drug-likeness (QED) is 0.666. The fourth-order valence-corrected chi connectivity index (χ4v) is 5.02. The van der Waals surface area contributed by atoms with Crippen molar-refractivity contribution in [3.05, 3.63) is 35.7 Å². The molecule has 7 heteroatoms. The molecule has 2 atom stereocenters. The van der Waals surface area contributed by atoms with E-state index in [0.717, 1.165) is 41.8 Å². The highest BCUT2D eigenvalue weighted by Gasteiger charge is 2.33. The van der Waals surface area contributed by atoms with Crippen LogP contribution in [0.2, 0.25) is 0 Å². The maximum Gasteiger partial charge on any atom is 0.261 e. The number of benzene rings is 1. The number of aryl methyl sites for hydroxylation is 2. The smallest absolute Gasteiger partial charge is 0.261 e. The Labute approximate surface area is 183 Å².